The quantitative estimate of drug-likeness (QED) is 0.531. The van der Waals surface area contributed by atoms with Crippen molar-refractivity contribution in [1.29, 1.82) is 0 Å². The molecule has 0 amide bonds. The third-order valence-electron chi connectivity index (χ3n) is 1.54. The molecule has 0 aliphatic heterocycles. The van der Waals surface area contributed by atoms with Crippen molar-refractivity contribution in [3.05, 3.63) is 0 Å². The number of hydrogen-bond donors (Lipinski definition) is 0. The molecule has 0 aliphatic carbocycles. The Morgan fingerprint density at radius 3 is 2.60 bits per heavy atom. The molecule has 0 fully saturated rings. The molecule has 0 aromatic heterocycles. The van der Waals surface area contributed by atoms with Crippen LogP contribution in [-0.2, 0) is 4.74 Å². The summed E-state index contributed by atoms with van der Waals surface area (Å²) in [5, 5.41) is 0. The van der Waals surface area contributed by atoms with Gasteiger partial charge in [-0.15, -0.1) is 12.3 Å². The van der Waals surface area contributed by atoms with E-state index < -0.39 is 0 Å². The largest absolute Gasteiger partial charge is 0.385 e. The second-order valence-corrected chi connectivity index (χ2v) is 2.43. The Kier molecular flexibility index (Phi) is 6.32. The van der Waals surface area contributed by atoms with E-state index in [0.717, 1.165) is 19.4 Å². The van der Waals surface area contributed by atoms with Gasteiger partial charge in [0.25, 0.3) is 0 Å². The molecular weight excluding hydrogens is 124 g/mol. The molecule has 0 aromatic carbocycles. The maximum absolute atomic E-state index is 5.29. The van der Waals surface area contributed by atoms with Gasteiger partial charge in [-0.1, -0.05) is 13.3 Å². The zero-order valence-corrected chi connectivity index (χ0v) is 6.89. The van der Waals surface area contributed by atoms with E-state index in [0.29, 0.717) is 5.92 Å². The molecule has 1 atom stereocenters. The highest BCUT2D eigenvalue weighted by Gasteiger charge is 2.01. The normalized spacial score (nSPS) is 12.5. The molecule has 0 heterocycles. The van der Waals surface area contributed by atoms with Gasteiger partial charge in [-0.05, 0) is 12.8 Å². The zero-order chi connectivity index (χ0) is 7.82. The average Bonchev–Trinajstić information content (AvgIpc) is 1.98. The summed E-state index contributed by atoms with van der Waals surface area (Å²) in [5.74, 6) is 3.18. The fourth-order valence-electron chi connectivity index (χ4n) is 0.920. The van der Waals surface area contributed by atoms with Gasteiger partial charge >= 0.3 is 0 Å². The molecule has 1 nitrogen and oxygen atoms in total. The third-order valence-corrected chi connectivity index (χ3v) is 1.54. The van der Waals surface area contributed by atoms with Crippen molar-refractivity contribution in [2.75, 3.05) is 13.7 Å². The van der Waals surface area contributed by atoms with E-state index in [4.69, 9.17) is 11.2 Å². The van der Waals surface area contributed by atoms with Crippen molar-refractivity contribution in [3.8, 4) is 12.3 Å². The van der Waals surface area contributed by atoms with E-state index in [1.54, 1.807) is 7.11 Å². The summed E-state index contributed by atoms with van der Waals surface area (Å²) < 4.78 is 4.92. The van der Waals surface area contributed by atoms with Crippen molar-refractivity contribution >= 4 is 0 Å². The van der Waals surface area contributed by atoms with Crippen LogP contribution < -0.4 is 0 Å². The summed E-state index contributed by atoms with van der Waals surface area (Å²) in [6.45, 7) is 2.94. The molecule has 0 bridgehead atoms. The molecule has 0 radical (unpaired) electrons. The van der Waals surface area contributed by atoms with Gasteiger partial charge in [0.05, 0.1) is 0 Å². The fraction of sp³-hybridized carbons (Fsp3) is 0.778. The smallest absolute Gasteiger partial charge is 0.0474 e. The first-order chi connectivity index (χ1) is 4.85. The van der Waals surface area contributed by atoms with Gasteiger partial charge < -0.3 is 4.74 Å². The lowest BCUT2D eigenvalue weighted by Gasteiger charge is -2.06. The van der Waals surface area contributed by atoms with Crippen molar-refractivity contribution in [1.82, 2.24) is 0 Å². The lowest BCUT2D eigenvalue weighted by molar-refractivity contribution is 0.184. The highest BCUT2D eigenvalue weighted by molar-refractivity contribution is 4.92. The molecule has 0 saturated carbocycles. The number of methoxy groups -OCH3 is 1. The SMILES string of the molecule is C#CC(CCC)CCOC. The molecule has 1 unspecified atom stereocenters. The minimum atomic E-state index is 0.421. The molecule has 0 rings (SSSR count). The third kappa shape index (κ3) is 4.40. The van der Waals surface area contributed by atoms with Gasteiger partial charge in [0.1, 0.15) is 0 Å². The Labute approximate surface area is 63.8 Å². The second-order valence-electron chi connectivity index (χ2n) is 2.43. The summed E-state index contributed by atoms with van der Waals surface area (Å²) in [5.41, 5.74) is 0. The van der Waals surface area contributed by atoms with Gasteiger partial charge in [0.2, 0.25) is 0 Å². The molecular formula is C9H16O. The molecule has 0 aliphatic rings. The maximum Gasteiger partial charge on any atom is 0.0474 e. The van der Waals surface area contributed by atoms with Crippen LogP contribution in [0, 0.1) is 18.3 Å². The maximum atomic E-state index is 5.29. The Hall–Kier alpha value is -0.480. The molecule has 1 heteroatoms. The summed E-state index contributed by atoms with van der Waals surface area (Å²) in [4.78, 5) is 0. The minimum Gasteiger partial charge on any atom is -0.385 e. The fourth-order valence-corrected chi connectivity index (χ4v) is 0.920. The van der Waals surface area contributed by atoms with E-state index >= 15 is 0 Å². The van der Waals surface area contributed by atoms with E-state index in [-0.39, 0.29) is 0 Å². The summed E-state index contributed by atoms with van der Waals surface area (Å²) in [6, 6.07) is 0. The molecule has 0 aromatic rings. The molecule has 58 valence electrons. The van der Waals surface area contributed by atoms with Crippen LogP contribution in [0.25, 0.3) is 0 Å². The van der Waals surface area contributed by atoms with E-state index in [1.807, 2.05) is 0 Å². The number of ether oxygens (including phenoxy) is 1. The summed E-state index contributed by atoms with van der Waals surface area (Å²) in [6.07, 6.45) is 8.59. The Balaban J connectivity index is 3.33. The first-order valence-corrected chi connectivity index (χ1v) is 3.80. The van der Waals surface area contributed by atoms with E-state index in [1.165, 1.54) is 6.42 Å². The average molecular weight is 140 g/mol. The van der Waals surface area contributed by atoms with Crippen molar-refractivity contribution in [3.63, 3.8) is 0 Å². The van der Waals surface area contributed by atoms with Crippen molar-refractivity contribution in [2.24, 2.45) is 5.92 Å². The van der Waals surface area contributed by atoms with Crippen LogP contribution in [0.2, 0.25) is 0 Å². The van der Waals surface area contributed by atoms with Crippen LogP contribution in [0.3, 0.4) is 0 Å². The standard InChI is InChI=1S/C9H16O/c1-4-6-9(5-2)7-8-10-3/h2,9H,4,6-8H2,1,3H3. The van der Waals surface area contributed by atoms with Crippen LogP contribution in [0.5, 0.6) is 0 Å². The van der Waals surface area contributed by atoms with Crippen LogP contribution in [0.1, 0.15) is 26.2 Å². The first kappa shape index (κ1) is 9.52. The van der Waals surface area contributed by atoms with Crippen molar-refractivity contribution < 1.29 is 4.74 Å². The molecule has 10 heavy (non-hydrogen) atoms. The van der Waals surface area contributed by atoms with Crippen LogP contribution >= 0.6 is 0 Å². The predicted octanol–water partition coefficient (Wildman–Crippen LogP) is 2.07. The Bertz CT molecular complexity index is 102. The monoisotopic (exact) mass is 140 g/mol. The van der Waals surface area contributed by atoms with Crippen LogP contribution in [0.4, 0.5) is 0 Å². The van der Waals surface area contributed by atoms with Gasteiger partial charge in [-0.3, -0.25) is 0 Å². The predicted molar refractivity (Wildman–Crippen MR) is 43.7 cm³/mol. The lowest BCUT2D eigenvalue weighted by Crippen LogP contribution is -2.00. The Morgan fingerprint density at radius 2 is 2.20 bits per heavy atom. The topological polar surface area (TPSA) is 9.23 Å². The summed E-state index contributed by atoms with van der Waals surface area (Å²) in [7, 11) is 1.71. The van der Waals surface area contributed by atoms with Gasteiger partial charge in [0, 0.05) is 19.6 Å². The van der Waals surface area contributed by atoms with E-state index in [2.05, 4.69) is 12.8 Å². The lowest BCUT2D eigenvalue weighted by atomic mass is 10.0. The molecule has 0 N–H and O–H groups in total. The highest BCUT2D eigenvalue weighted by Crippen LogP contribution is 2.08. The minimum absolute atomic E-state index is 0.421. The molecule has 0 saturated heterocycles. The number of terminal acetylenes is 1. The highest BCUT2D eigenvalue weighted by atomic mass is 16.5. The Morgan fingerprint density at radius 1 is 1.50 bits per heavy atom. The van der Waals surface area contributed by atoms with Gasteiger partial charge in [0.15, 0.2) is 0 Å². The van der Waals surface area contributed by atoms with Crippen LogP contribution in [-0.4, -0.2) is 13.7 Å². The summed E-state index contributed by atoms with van der Waals surface area (Å²) >= 11 is 0. The van der Waals surface area contributed by atoms with Gasteiger partial charge in [-0.2, -0.15) is 0 Å². The van der Waals surface area contributed by atoms with Gasteiger partial charge in [-0.25, -0.2) is 0 Å². The van der Waals surface area contributed by atoms with Crippen molar-refractivity contribution in [2.45, 2.75) is 26.2 Å². The molecule has 0 spiro atoms. The second kappa shape index (κ2) is 6.64. The van der Waals surface area contributed by atoms with E-state index in [9.17, 15) is 0 Å². The van der Waals surface area contributed by atoms with Crippen LogP contribution in [0.15, 0.2) is 0 Å². The first-order valence-electron chi connectivity index (χ1n) is 3.80. The zero-order valence-electron chi connectivity index (χ0n) is 6.89. The number of rotatable bonds is 5. The number of hydrogen-bond acceptors (Lipinski definition) is 1.